The molecule has 0 atom stereocenters. The number of nitrogens with one attached hydrogen (secondary N) is 1. The number of nitrogens with zero attached hydrogens (tertiary/aromatic N) is 1. The van der Waals surface area contributed by atoms with Gasteiger partial charge in [0.25, 0.3) is 0 Å². The molecule has 1 N–H and O–H groups in total. The first-order chi connectivity index (χ1) is 10.3. The highest BCUT2D eigenvalue weighted by Crippen LogP contribution is 2.13. The lowest BCUT2D eigenvalue weighted by molar-refractivity contribution is -0.140. The molecule has 1 aliphatic heterocycles. The first-order valence-corrected chi connectivity index (χ1v) is 8.09. The van der Waals surface area contributed by atoms with E-state index in [1.165, 1.54) is 7.11 Å². The third-order valence-corrected chi connectivity index (χ3v) is 3.64. The fourth-order valence-corrected chi connectivity index (χ4v) is 2.48. The fourth-order valence-electron chi connectivity index (χ4n) is 2.48. The first-order valence-electron chi connectivity index (χ1n) is 8.09. The Morgan fingerprint density at radius 3 is 2.36 bits per heavy atom. The van der Waals surface area contributed by atoms with Crippen LogP contribution in [-0.4, -0.2) is 55.3 Å². The predicted octanol–water partition coefficient (Wildman–Crippen LogP) is 2.32. The molecule has 6 nitrogen and oxygen atoms in total. The largest absolute Gasteiger partial charge is 0.469 e. The molecule has 0 saturated carbocycles. The van der Waals surface area contributed by atoms with Gasteiger partial charge in [0.1, 0.15) is 5.60 Å². The lowest BCUT2D eigenvalue weighted by Crippen LogP contribution is -2.46. The zero-order valence-electron chi connectivity index (χ0n) is 14.3. The molecule has 0 aliphatic carbocycles. The standard InChI is InChI=1S/C16H30N2O4/c1-16(2,3)22-15(20)17-13-8-11-18(12-9-13)10-6-5-7-14(19)21-4/h13H,5-12H2,1-4H3,(H,17,20). The number of rotatable bonds is 6. The normalized spacial score (nSPS) is 17.1. The van der Waals surface area contributed by atoms with E-state index in [2.05, 4.69) is 15.0 Å². The molecule has 22 heavy (non-hydrogen) atoms. The number of esters is 1. The highest BCUT2D eigenvalue weighted by Gasteiger charge is 2.23. The second-order valence-electron chi connectivity index (χ2n) is 6.80. The van der Waals surface area contributed by atoms with E-state index in [0.29, 0.717) is 6.42 Å². The Hall–Kier alpha value is -1.30. The van der Waals surface area contributed by atoms with Gasteiger partial charge >= 0.3 is 12.1 Å². The zero-order valence-corrected chi connectivity index (χ0v) is 14.3. The van der Waals surface area contributed by atoms with E-state index >= 15 is 0 Å². The predicted molar refractivity (Wildman–Crippen MR) is 84.7 cm³/mol. The second kappa shape index (κ2) is 8.98. The van der Waals surface area contributed by atoms with Gasteiger partial charge in [0, 0.05) is 25.6 Å². The van der Waals surface area contributed by atoms with Gasteiger partial charge in [0.15, 0.2) is 0 Å². The minimum absolute atomic E-state index is 0.139. The molecule has 0 radical (unpaired) electrons. The van der Waals surface area contributed by atoms with Crippen LogP contribution in [0.5, 0.6) is 0 Å². The van der Waals surface area contributed by atoms with Crippen LogP contribution >= 0.6 is 0 Å². The summed E-state index contributed by atoms with van der Waals surface area (Å²) < 4.78 is 9.90. The van der Waals surface area contributed by atoms with Crippen molar-refractivity contribution < 1.29 is 19.1 Å². The summed E-state index contributed by atoms with van der Waals surface area (Å²) in [6.45, 7) is 8.53. The summed E-state index contributed by atoms with van der Waals surface area (Å²) in [5, 5.41) is 2.94. The van der Waals surface area contributed by atoms with Crippen LogP contribution in [0.15, 0.2) is 0 Å². The molecule has 128 valence electrons. The van der Waals surface area contributed by atoms with Crippen molar-refractivity contribution >= 4 is 12.1 Å². The molecule has 0 aromatic carbocycles. The van der Waals surface area contributed by atoms with Gasteiger partial charge in [0.2, 0.25) is 0 Å². The molecule has 6 heteroatoms. The Kier molecular flexibility index (Phi) is 7.65. The highest BCUT2D eigenvalue weighted by molar-refractivity contribution is 5.69. The first kappa shape index (κ1) is 18.7. The van der Waals surface area contributed by atoms with Crippen molar-refractivity contribution in [1.82, 2.24) is 10.2 Å². The van der Waals surface area contributed by atoms with E-state index in [1.807, 2.05) is 20.8 Å². The summed E-state index contributed by atoms with van der Waals surface area (Å²) in [4.78, 5) is 25.1. The Labute approximate surface area is 133 Å². The Morgan fingerprint density at radius 1 is 1.18 bits per heavy atom. The van der Waals surface area contributed by atoms with Gasteiger partial charge in [-0.3, -0.25) is 4.79 Å². The van der Waals surface area contributed by atoms with Crippen LogP contribution in [0.1, 0.15) is 52.9 Å². The van der Waals surface area contributed by atoms with E-state index in [-0.39, 0.29) is 18.1 Å². The second-order valence-corrected chi connectivity index (χ2v) is 6.80. The number of piperidine rings is 1. The summed E-state index contributed by atoms with van der Waals surface area (Å²) in [7, 11) is 1.42. The highest BCUT2D eigenvalue weighted by atomic mass is 16.6. The van der Waals surface area contributed by atoms with Crippen LogP contribution in [0, 0.1) is 0 Å². The van der Waals surface area contributed by atoms with Crippen LogP contribution < -0.4 is 5.32 Å². The molecule has 1 heterocycles. The zero-order chi connectivity index (χ0) is 16.6. The number of ether oxygens (including phenoxy) is 2. The Bertz CT molecular complexity index is 358. The maximum atomic E-state index is 11.7. The minimum atomic E-state index is -0.454. The van der Waals surface area contributed by atoms with Crippen molar-refractivity contribution in [3.63, 3.8) is 0 Å². The topological polar surface area (TPSA) is 67.9 Å². The summed E-state index contributed by atoms with van der Waals surface area (Å²) in [5.74, 6) is -0.139. The molecule has 0 unspecified atom stereocenters. The molecule has 0 aromatic rings. The van der Waals surface area contributed by atoms with E-state index in [9.17, 15) is 9.59 Å². The number of hydrogen-bond acceptors (Lipinski definition) is 5. The van der Waals surface area contributed by atoms with E-state index in [1.54, 1.807) is 0 Å². The minimum Gasteiger partial charge on any atom is -0.469 e. The van der Waals surface area contributed by atoms with Crippen LogP contribution in [0.3, 0.4) is 0 Å². The Balaban J connectivity index is 2.13. The number of likely N-dealkylation sites (tertiary alicyclic amines) is 1. The van der Waals surface area contributed by atoms with Gasteiger partial charge in [-0.15, -0.1) is 0 Å². The molecule has 1 saturated heterocycles. The van der Waals surface area contributed by atoms with Gasteiger partial charge in [-0.2, -0.15) is 0 Å². The number of carbonyl (C=O) groups excluding carboxylic acids is 2. The lowest BCUT2D eigenvalue weighted by atomic mass is 10.0. The van der Waals surface area contributed by atoms with Crippen molar-refractivity contribution in [2.45, 2.75) is 64.5 Å². The van der Waals surface area contributed by atoms with Crippen LogP contribution in [-0.2, 0) is 14.3 Å². The smallest absolute Gasteiger partial charge is 0.407 e. The van der Waals surface area contributed by atoms with Crippen LogP contribution in [0.4, 0.5) is 4.79 Å². The molecule has 1 aliphatic rings. The molecule has 1 amide bonds. The summed E-state index contributed by atoms with van der Waals surface area (Å²) >= 11 is 0. The maximum absolute atomic E-state index is 11.7. The SMILES string of the molecule is COC(=O)CCCCN1CCC(NC(=O)OC(C)(C)C)CC1. The van der Waals surface area contributed by atoms with Gasteiger partial charge < -0.3 is 19.7 Å². The van der Waals surface area contributed by atoms with Gasteiger partial charge in [0.05, 0.1) is 7.11 Å². The number of amides is 1. The quantitative estimate of drug-likeness (QED) is 0.602. The number of unbranched alkanes of at least 4 members (excludes halogenated alkanes) is 1. The summed E-state index contributed by atoms with van der Waals surface area (Å²) in [6, 6.07) is 0.196. The van der Waals surface area contributed by atoms with Crippen molar-refractivity contribution in [3.05, 3.63) is 0 Å². The van der Waals surface area contributed by atoms with E-state index in [0.717, 1.165) is 45.3 Å². The van der Waals surface area contributed by atoms with Crippen molar-refractivity contribution in [1.29, 1.82) is 0 Å². The Morgan fingerprint density at radius 2 is 1.82 bits per heavy atom. The number of carbonyl (C=O) groups is 2. The molecule has 0 aromatic heterocycles. The molecule has 0 bridgehead atoms. The molecular formula is C16H30N2O4. The van der Waals surface area contributed by atoms with Crippen molar-refractivity contribution in [3.8, 4) is 0 Å². The average molecular weight is 314 g/mol. The molecule has 1 fully saturated rings. The van der Waals surface area contributed by atoms with E-state index < -0.39 is 5.60 Å². The maximum Gasteiger partial charge on any atom is 0.407 e. The molecular weight excluding hydrogens is 284 g/mol. The summed E-state index contributed by atoms with van der Waals surface area (Å²) in [6.07, 6.45) is 3.91. The molecule has 1 rings (SSSR count). The lowest BCUT2D eigenvalue weighted by Gasteiger charge is -2.32. The van der Waals surface area contributed by atoms with Gasteiger partial charge in [-0.1, -0.05) is 0 Å². The van der Waals surface area contributed by atoms with Gasteiger partial charge in [-0.05, 0) is 53.0 Å². The number of methoxy groups -OCH3 is 1. The van der Waals surface area contributed by atoms with Crippen molar-refractivity contribution in [2.75, 3.05) is 26.7 Å². The van der Waals surface area contributed by atoms with Crippen LogP contribution in [0.2, 0.25) is 0 Å². The fraction of sp³-hybridized carbons (Fsp3) is 0.875. The van der Waals surface area contributed by atoms with Crippen LogP contribution in [0.25, 0.3) is 0 Å². The monoisotopic (exact) mass is 314 g/mol. The number of alkyl carbamates (subject to hydrolysis) is 1. The van der Waals surface area contributed by atoms with E-state index in [4.69, 9.17) is 4.74 Å². The van der Waals surface area contributed by atoms with Crippen molar-refractivity contribution in [2.24, 2.45) is 0 Å². The third-order valence-electron chi connectivity index (χ3n) is 3.64. The molecule has 0 spiro atoms. The number of hydrogen-bond donors (Lipinski definition) is 1. The average Bonchev–Trinajstić information content (AvgIpc) is 2.43. The van der Waals surface area contributed by atoms with Gasteiger partial charge in [-0.25, -0.2) is 4.79 Å². The summed E-state index contributed by atoms with van der Waals surface area (Å²) in [5.41, 5.74) is -0.454. The third kappa shape index (κ3) is 8.22.